The van der Waals surface area contributed by atoms with Gasteiger partial charge in [-0.2, -0.15) is 0 Å². The van der Waals surface area contributed by atoms with Crippen molar-refractivity contribution in [3.63, 3.8) is 0 Å². The average Bonchev–Trinajstić information content (AvgIpc) is 3.02. The fraction of sp³-hybridized carbons (Fsp3) is 0.364. The van der Waals surface area contributed by atoms with Gasteiger partial charge in [0.2, 0.25) is 17.7 Å². The quantitative estimate of drug-likeness (QED) is 0.0723. The van der Waals surface area contributed by atoms with Crippen LogP contribution in [0.5, 0.6) is 5.75 Å². The van der Waals surface area contributed by atoms with Crippen LogP contribution in [-0.4, -0.2) is 83.0 Å². The van der Waals surface area contributed by atoms with Crippen molar-refractivity contribution in [2.24, 2.45) is 22.2 Å². The molecule has 3 rings (SSSR count). The Labute approximate surface area is 268 Å². The summed E-state index contributed by atoms with van der Waals surface area (Å²) in [7, 11) is 0. The van der Waals surface area contributed by atoms with Crippen molar-refractivity contribution in [3.05, 3.63) is 77.9 Å². The van der Waals surface area contributed by atoms with Gasteiger partial charge in [0.1, 0.15) is 11.8 Å². The van der Waals surface area contributed by atoms with Gasteiger partial charge in [0, 0.05) is 26.6 Å². The molecule has 0 fully saturated rings. The SMILES string of the molecule is CC(=O)O.CCN(CCc1ccc2ccccc2c1)C(=O)CNC(=O)[C@@H](CCCN=C(N)N)NC(=O)[C@@H](N)Cc1ccc(O)cc1. The lowest BCUT2D eigenvalue weighted by Gasteiger charge is -2.23. The summed E-state index contributed by atoms with van der Waals surface area (Å²) >= 11 is 0. The number of aliphatic carboxylic acids is 1. The number of aliphatic imine (C=N–C) groups is 1. The first kappa shape index (κ1) is 37.0. The predicted octanol–water partition coefficient (Wildman–Crippen LogP) is 1.25. The summed E-state index contributed by atoms with van der Waals surface area (Å²) in [6.07, 6.45) is 1.56. The Morgan fingerprint density at radius 2 is 1.57 bits per heavy atom. The van der Waals surface area contributed by atoms with E-state index in [0.29, 0.717) is 25.9 Å². The molecule has 0 aliphatic heterocycles. The minimum atomic E-state index is -0.932. The molecule has 0 bridgehead atoms. The van der Waals surface area contributed by atoms with E-state index in [9.17, 15) is 19.5 Å². The number of likely N-dealkylation sites (N-methyl/N-ethyl adjacent to an activating group) is 1. The van der Waals surface area contributed by atoms with Gasteiger partial charge in [0.15, 0.2) is 5.96 Å². The Balaban J connectivity index is 0.00000173. The summed E-state index contributed by atoms with van der Waals surface area (Å²) < 4.78 is 0. The van der Waals surface area contributed by atoms with E-state index in [1.54, 1.807) is 17.0 Å². The Kier molecular flexibility index (Phi) is 15.5. The third-order valence-electron chi connectivity index (χ3n) is 6.94. The summed E-state index contributed by atoms with van der Waals surface area (Å²) in [6.45, 7) is 4.05. The van der Waals surface area contributed by atoms with Gasteiger partial charge in [-0.15, -0.1) is 0 Å². The number of benzene rings is 3. The number of fused-ring (bicyclic) bond motifs is 1. The van der Waals surface area contributed by atoms with Gasteiger partial charge < -0.3 is 42.9 Å². The highest BCUT2D eigenvalue weighted by molar-refractivity contribution is 5.92. The van der Waals surface area contributed by atoms with Crippen molar-refractivity contribution in [1.82, 2.24) is 15.5 Å². The normalized spacial score (nSPS) is 11.7. The first-order valence-electron chi connectivity index (χ1n) is 15.0. The number of guanidine groups is 1. The van der Waals surface area contributed by atoms with Crippen LogP contribution >= 0.6 is 0 Å². The lowest BCUT2D eigenvalue weighted by atomic mass is 10.0. The standard InChI is InChI=1S/C31H41N7O4.C2H4O2/c1-2-38(17-15-22-9-12-23-6-3-4-7-24(23)18-22)28(40)20-36-30(42)27(8-5-16-35-31(33)34)37-29(41)26(32)19-21-10-13-25(39)14-11-21;1-2(3)4/h3-4,6-7,9-14,18,26-27,39H,2,5,8,15-17,19-20,32H2,1H3,(H,36,42)(H,37,41)(H4,33,34,35);1H3,(H,3,4)/t26-,27+;/m0./s1. The second-order valence-electron chi connectivity index (χ2n) is 10.6. The lowest BCUT2D eigenvalue weighted by Crippen LogP contribution is -2.53. The molecule has 0 unspecified atom stereocenters. The van der Waals surface area contributed by atoms with Gasteiger partial charge in [-0.05, 0) is 66.6 Å². The van der Waals surface area contributed by atoms with E-state index >= 15 is 0 Å². The van der Waals surface area contributed by atoms with E-state index in [1.807, 2.05) is 19.1 Å². The predicted molar refractivity (Wildman–Crippen MR) is 178 cm³/mol. The number of phenolic OH excluding ortho intramolecular Hbond substituents is 1. The molecule has 0 aromatic heterocycles. The van der Waals surface area contributed by atoms with Crippen molar-refractivity contribution in [2.75, 3.05) is 26.2 Å². The molecule has 3 aromatic rings. The zero-order chi connectivity index (χ0) is 34.1. The molecule has 10 N–H and O–H groups in total. The van der Waals surface area contributed by atoms with Crippen LogP contribution in [0.25, 0.3) is 10.8 Å². The van der Waals surface area contributed by atoms with E-state index < -0.39 is 29.9 Å². The zero-order valence-corrected chi connectivity index (χ0v) is 26.3. The molecule has 13 heteroatoms. The van der Waals surface area contributed by atoms with Gasteiger partial charge >= 0.3 is 0 Å². The maximum Gasteiger partial charge on any atom is 0.300 e. The summed E-state index contributed by atoms with van der Waals surface area (Å²) in [6, 6.07) is 18.9. The highest BCUT2D eigenvalue weighted by Gasteiger charge is 2.25. The minimum absolute atomic E-state index is 0.0649. The van der Waals surface area contributed by atoms with Gasteiger partial charge in [-0.3, -0.25) is 24.2 Å². The molecule has 0 radical (unpaired) electrons. The van der Waals surface area contributed by atoms with Crippen LogP contribution in [-0.2, 0) is 32.0 Å². The maximum absolute atomic E-state index is 13.1. The highest BCUT2D eigenvalue weighted by atomic mass is 16.4. The van der Waals surface area contributed by atoms with Crippen LogP contribution in [0, 0.1) is 0 Å². The van der Waals surface area contributed by atoms with Crippen molar-refractivity contribution in [3.8, 4) is 5.75 Å². The first-order valence-corrected chi connectivity index (χ1v) is 15.0. The Bertz CT molecular complexity index is 1470. The number of carbonyl (C=O) groups excluding carboxylic acids is 3. The molecular weight excluding hydrogens is 590 g/mol. The molecule has 3 amide bonds. The molecule has 0 aliphatic carbocycles. The van der Waals surface area contributed by atoms with Gasteiger partial charge in [-0.25, -0.2) is 0 Å². The second kappa shape index (κ2) is 19.3. The third kappa shape index (κ3) is 13.6. The van der Waals surface area contributed by atoms with Crippen LogP contribution in [0.2, 0.25) is 0 Å². The number of nitrogens with one attached hydrogen (secondary N) is 2. The van der Waals surface area contributed by atoms with Crippen LogP contribution in [0.15, 0.2) is 71.7 Å². The number of carbonyl (C=O) groups is 4. The van der Waals surface area contributed by atoms with Crippen LogP contribution in [0.1, 0.15) is 37.8 Å². The molecule has 248 valence electrons. The summed E-state index contributed by atoms with van der Waals surface area (Å²) in [5.74, 6) is -2.02. The van der Waals surface area contributed by atoms with Gasteiger partial charge in [-0.1, -0.05) is 54.6 Å². The number of nitrogens with two attached hydrogens (primary N) is 3. The number of nitrogens with zero attached hydrogens (tertiary/aromatic N) is 2. The number of amides is 3. The molecule has 2 atom stereocenters. The smallest absolute Gasteiger partial charge is 0.300 e. The molecule has 0 saturated heterocycles. The molecular formula is C33H45N7O6. The number of carboxylic acid groups (broad SMARTS) is 1. The number of hydrogen-bond donors (Lipinski definition) is 7. The molecule has 0 saturated carbocycles. The van der Waals surface area contributed by atoms with E-state index in [1.165, 1.54) is 12.1 Å². The first-order chi connectivity index (χ1) is 21.9. The topological polar surface area (TPSA) is 226 Å². The second-order valence-corrected chi connectivity index (χ2v) is 10.6. The largest absolute Gasteiger partial charge is 0.508 e. The number of rotatable bonds is 15. The van der Waals surface area contributed by atoms with Crippen molar-refractivity contribution in [2.45, 2.75) is 51.6 Å². The van der Waals surface area contributed by atoms with Crippen LogP contribution in [0.3, 0.4) is 0 Å². The molecule has 13 nitrogen and oxygen atoms in total. The fourth-order valence-corrected chi connectivity index (χ4v) is 4.55. The van der Waals surface area contributed by atoms with Gasteiger partial charge in [0.25, 0.3) is 5.97 Å². The summed E-state index contributed by atoms with van der Waals surface area (Å²) in [4.78, 5) is 53.5. The van der Waals surface area contributed by atoms with Crippen LogP contribution in [0.4, 0.5) is 0 Å². The van der Waals surface area contributed by atoms with Crippen molar-refractivity contribution < 1.29 is 29.4 Å². The molecule has 46 heavy (non-hydrogen) atoms. The maximum atomic E-state index is 13.1. The van der Waals surface area contributed by atoms with E-state index in [4.69, 9.17) is 27.1 Å². The zero-order valence-electron chi connectivity index (χ0n) is 26.3. The van der Waals surface area contributed by atoms with Gasteiger partial charge in [0.05, 0.1) is 12.6 Å². The summed E-state index contributed by atoms with van der Waals surface area (Å²) in [5, 5.41) is 24.6. The number of aromatic hydroxyl groups is 1. The monoisotopic (exact) mass is 635 g/mol. The number of carboxylic acids is 1. The van der Waals surface area contributed by atoms with Crippen LogP contribution < -0.4 is 27.8 Å². The Hall–Kier alpha value is -5.17. The lowest BCUT2D eigenvalue weighted by molar-refractivity contribution is -0.134. The Morgan fingerprint density at radius 3 is 2.20 bits per heavy atom. The third-order valence-corrected chi connectivity index (χ3v) is 6.94. The number of hydrogen-bond acceptors (Lipinski definition) is 7. The average molecular weight is 636 g/mol. The minimum Gasteiger partial charge on any atom is -0.508 e. The van der Waals surface area contributed by atoms with Crippen molar-refractivity contribution in [1.29, 1.82) is 0 Å². The molecule has 0 spiro atoms. The molecule has 0 heterocycles. The number of phenols is 1. The highest BCUT2D eigenvalue weighted by Crippen LogP contribution is 2.16. The van der Waals surface area contributed by atoms with E-state index in [2.05, 4.69) is 46.0 Å². The van der Waals surface area contributed by atoms with Crippen molar-refractivity contribution >= 4 is 40.4 Å². The molecule has 0 aliphatic rings. The molecule has 3 aromatic carbocycles. The van der Waals surface area contributed by atoms with E-state index in [-0.39, 0.29) is 43.5 Å². The Morgan fingerprint density at radius 1 is 0.935 bits per heavy atom. The van der Waals surface area contributed by atoms with E-state index in [0.717, 1.165) is 28.8 Å². The fourth-order valence-electron chi connectivity index (χ4n) is 4.55. The summed E-state index contributed by atoms with van der Waals surface area (Å²) in [5.41, 5.74) is 18.8.